The van der Waals surface area contributed by atoms with E-state index in [-0.39, 0.29) is 16.7 Å². The lowest BCUT2D eigenvalue weighted by molar-refractivity contribution is -0.120. The molecule has 1 aromatic rings. The van der Waals surface area contributed by atoms with Gasteiger partial charge in [-0.15, -0.1) is 0 Å². The Balaban J connectivity index is 2.12. The molecule has 0 aromatic heterocycles. The number of nitrogens with one attached hydrogen (secondary N) is 2. The molecule has 1 aliphatic heterocycles. The van der Waals surface area contributed by atoms with Gasteiger partial charge in [0, 0.05) is 31.7 Å². The van der Waals surface area contributed by atoms with E-state index in [4.69, 9.17) is 0 Å². The van der Waals surface area contributed by atoms with Gasteiger partial charge in [-0.2, -0.15) is 0 Å². The summed E-state index contributed by atoms with van der Waals surface area (Å²) in [7, 11) is -0.531. The number of carbonyl (C=O) groups is 1. The Kier molecular flexibility index (Phi) is 5.20. The van der Waals surface area contributed by atoms with E-state index in [1.165, 1.54) is 26.2 Å². The van der Waals surface area contributed by atoms with Gasteiger partial charge in [-0.1, -0.05) is 6.07 Å². The van der Waals surface area contributed by atoms with Crippen molar-refractivity contribution in [3.63, 3.8) is 0 Å². The molecule has 1 aromatic carbocycles. The monoisotopic (exact) mass is 325 g/mol. The predicted molar refractivity (Wildman–Crippen MR) is 86.1 cm³/mol. The Morgan fingerprint density at radius 3 is 2.73 bits per heavy atom. The molecule has 2 atom stereocenters. The van der Waals surface area contributed by atoms with Crippen LogP contribution in [-0.4, -0.2) is 45.3 Å². The molecule has 122 valence electrons. The van der Waals surface area contributed by atoms with Gasteiger partial charge in [-0.25, -0.2) is 12.7 Å². The van der Waals surface area contributed by atoms with E-state index in [1.807, 2.05) is 0 Å². The number of nitrogens with zero attached hydrogens (tertiary/aromatic N) is 1. The van der Waals surface area contributed by atoms with Gasteiger partial charge in [0.1, 0.15) is 0 Å². The molecule has 0 unspecified atom stereocenters. The molecule has 1 fully saturated rings. The van der Waals surface area contributed by atoms with Crippen molar-refractivity contribution >= 4 is 21.6 Å². The number of hydrogen-bond acceptors (Lipinski definition) is 4. The van der Waals surface area contributed by atoms with Crippen molar-refractivity contribution in [3.8, 4) is 0 Å². The van der Waals surface area contributed by atoms with E-state index in [9.17, 15) is 13.2 Å². The molecule has 2 rings (SSSR count). The maximum absolute atomic E-state index is 12.3. The molecule has 1 saturated heterocycles. The van der Waals surface area contributed by atoms with Gasteiger partial charge in [0.15, 0.2) is 0 Å². The average molecular weight is 325 g/mol. The lowest BCUT2D eigenvalue weighted by Crippen LogP contribution is -2.40. The highest BCUT2D eigenvalue weighted by Gasteiger charge is 2.25. The van der Waals surface area contributed by atoms with Crippen molar-refractivity contribution in [2.24, 2.45) is 5.92 Å². The van der Waals surface area contributed by atoms with E-state index in [2.05, 4.69) is 17.6 Å². The molecule has 22 heavy (non-hydrogen) atoms. The smallest absolute Gasteiger partial charge is 0.242 e. The number of amides is 1. The summed E-state index contributed by atoms with van der Waals surface area (Å²) in [6.45, 7) is 2.89. The van der Waals surface area contributed by atoms with Crippen LogP contribution in [0, 0.1) is 5.92 Å². The molecule has 1 aliphatic rings. The topological polar surface area (TPSA) is 78.5 Å². The molecular weight excluding hydrogens is 302 g/mol. The van der Waals surface area contributed by atoms with Crippen molar-refractivity contribution in [2.45, 2.75) is 30.7 Å². The van der Waals surface area contributed by atoms with Crippen LogP contribution in [0.3, 0.4) is 0 Å². The van der Waals surface area contributed by atoms with Crippen LogP contribution in [0.1, 0.15) is 19.8 Å². The normalized spacial score (nSPS) is 22.5. The highest BCUT2D eigenvalue weighted by molar-refractivity contribution is 7.89. The Morgan fingerprint density at radius 2 is 2.09 bits per heavy atom. The molecular formula is C15H23N3O3S. The minimum absolute atomic E-state index is 0.0367. The summed E-state index contributed by atoms with van der Waals surface area (Å²) in [5, 5.41) is 6.14. The number of benzene rings is 1. The zero-order chi connectivity index (χ0) is 16.3. The maximum Gasteiger partial charge on any atom is 0.242 e. The van der Waals surface area contributed by atoms with Crippen molar-refractivity contribution in [3.05, 3.63) is 24.3 Å². The van der Waals surface area contributed by atoms with E-state index >= 15 is 0 Å². The molecule has 1 heterocycles. The Hall–Kier alpha value is -1.44. The summed E-state index contributed by atoms with van der Waals surface area (Å²) in [6, 6.07) is 6.69. The first-order valence-electron chi connectivity index (χ1n) is 7.37. The third-order valence-corrected chi connectivity index (χ3v) is 5.69. The maximum atomic E-state index is 12.3. The Labute approximate surface area is 131 Å². The third-order valence-electron chi connectivity index (χ3n) is 3.87. The number of anilines is 1. The van der Waals surface area contributed by atoms with Gasteiger partial charge in [0.2, 0.25) is 15.9 Å². The minimum atomic E-state index is -3.50. The number of carbonyl (C=O) groups excluding carboxylic acids is 1. The van der Waals surface area contributed by atoms with Crippen LogP contribution in [0.25, 0.3) is 0 Å². The van der Waals surface area contributed by atoms with Crippen LogP contribution in [0.2, 0.25) is 0 Å². The lowest BCUT2D eigenvalue weighted by atomic mass is 9.92. The Bertz CT molecular complexity index is 643. The van der Waals surface area contributed by atoms with Crippen LogP contribution in [0.4, 0.5) is 5.69 Å². The lowest BCUT2D eigenvalue weighted by Gasteiger charge is -2.27. The van der Waals surface area contributed by atoms with E-state index in [0.717, 1.165) is 23.7 Å². The molecule has 1 amide bonds. The zero-order valence-electron chi connectivity index (χ0n) is 13.2. The number of piperidine rings is 1. The van der Waals surface area contributed by atoms with Crippen LogP contribution in [-0.2, 0) is 14.8 Å². The summed E-state index contributed by atoms with van der Waals surface area (Å²) in [6.07, 6.45) is 1.59. The standard InChI is InChI=1S/C15H23N3O3S/c1-11-9-12(7-8-16-11)15(19)17-13-5-4-6-14(10-13)22(20,21)18(2)3/h4-6,10-12,16H,7-9H2,1-3H3,(H,17,19)/t11-,12-/m0/s1. The van der Waals surface area contributed by atoms with Crippen LogP contribution in [0.15, 0.2) is 29.2 Å². The van der Waals surface area contributed by atoms with E-state index < -0.39 is 10.0 Å². The minimum Gasteiger partial charge on any atom is -0.326 e. The van der Waals surface area contributed by atoms with E-state index in [1.54, 1.807) is 12.1 Å². The highest BCUT2D eigenvalue weighted by Crippen LogP contribution is 2.21. The second-order valence-corrected chi connectivity index (χ2v) is 8.03. The predicted octanol–water partition coefficient (Wildman–Crippen LogP) is 1.26. The molecule has 0 bridgehead atoms. The number of hydrogen-bond donors (Lipinski definition) is 2. The first kappa shape index (κ1) is 16.9. The fourth-order valence-corrected chi connectivity index (χ4v) is 3.51. The van der Waals surface area contributed by atoms with Crippen molar-refractivity contribution in [1.82, 2.24) is 9.62 Å². The molecule has 7 heteroatoms. The fourth-order valence-electron chi connectivity index (χ4n) is 2.56. The van der Waals surface area contributed by atoms with Crippen LogP contribution in [0.5, 0.6) is 0 Å². The quantitative estimate of drug-likeness (QED) is 0.874. The molecule has 0 saturated carbocycles. The average Bonchev–Trinajstić information content (AvgIpc) is 2.47. The van der Waals surface area contributed by atoms with Gasteiger partial charge < -0.3 is 10.6 Å². The summed E-state index contributed by atoms with van der Waals surface area (Å²) in [4.78, 5) is 12.5. The number of sulfonamides is 1. The van der Waals surface area contributed by atoms with Gasteiger partial charge in [-0.3, -0.25) is 4.79 Å². The molecule has 0 spiro atoms. The van der Waals surface area contributed by atoms with Crippen LogP contribution >= 0.6 is 0 Å². The molecule has 0 aliphatic carbocycles. The second kappa shape index (κ2) is 6.76. The fraction of sp³-hybridized carbons (Fsp3) is 0.533. The SMILES string of the molecule is C[C@H]1C[C@@H](C(=O)Nc2cccc(S(=O)(=O)N(C)C)c2)CCN1. The summed E-state index contributed by atoms with van der Waals surface area (Å²) in [5.74, 6) is -0.0851. The van der Waals surface area contributed by atoms with Gasteiger partial charge in [0.05, 0.1) is 4.90 Å². The highest BCUT2D eigenvalue weighted by atomic mass is 32.2. The molecule has 2 N–H and O–H groups in total. The second-order valence-electron chi connectivity index (χ2n) is 5.88. The van der Waals surface area contributed by atoms with Gasteiger partial charge in [-0.05, 0) is 44.5 Å². The zero-order valence-corrected chi connectivity index (χ0v) is 14.0. The Morgan fingerprint density at radius 1 is 1.36 bits per heavy atom. The molecule has 6 nitrogen and oxygen atoms in total. The van der Waals surface area contributed by atoms with Gasteiger partial charge >= 0.3 is 0 Å². The summed E-state index contributed by atoms with van der Waals surface area (Å²) in [5.41, 5.74) is 0.513. The van der Waals surface area contributed by atoms with Crippen molar-refractivity contribution < 1.29 is 13.2 Å². The summed E-state index contributed by atoms with van der Waals surface area (Å²) >= 11 is 0. The van der Waals surface area contributed by atoms with Crippen molar-refractivity contribution in [1.29, 1.82) is 0 Å². The largest absolute Gasteiger partial charge is 0.326 e. The van der Waals surface area contributed by atoms with Gasteiger partial charge in [0.25, 0.3) is 0 Å². The van der Waals surface area contributed by atoms with Crippen LogP contribution < -0.4 is 10.6 Å². The summed E-state index contributed by atoms with van der Waals surface area (Å²) < 4.78 is 25.4. The van der Waals surface area contributed by atoms with E-state index in [0.29, 0.717) is 11.7 Å². The molecule has 0 radical (unpaired) electrons. The number of rotatable bonds is 4. The first-order chi connectivity index (χ1) is 10.3. The first-order valence-corrected chi connectivity index (χ1v) is 8.81. The van der Waals surface area contributed by atoms with Crippen molar-refractivity contribution in [2.75, 3.05) is 26.0 Å². The third kappa shape index (κ3) is 3.85.